The lowest BCUT2D eigenvalue weighted by Gasteiger charge is -2.12. The number of urea groups is 1. The van der Waals surface area contributed by atoms with E-state index in [4.69, 9.17) is 10.2 Å². The lowest BCUT2D eigenvalue weighted by atomic mass is 10.2. The molecule has 0 aliphatic heterocycles. The second-order valence-electron chi connectivity index (χ2n) is 3.88. The van der Waals surface area contributed by atoms with E-state index in [-0.39, 0.29) is 0 Å². The largest absolute Gasteiger partial charge is 0.479 e. The van der Waals surface area contributed by atoms with Crippen molar-refractivity contribution >= 4 is 17.7 Å². The number of anilines is 1. The highest BCUT2D eigenvalue weighted by Crippen LogP contribution is 2.31. The molecule has 0 unspecified atom stereocenters. The number of rotatable bonds is 4. The molecule has 1 atom stereocenters. The molecule has 4 N–H and O–H groups in total. The Bertz CT molecular complexity index is 548. The predicted octanol–water partition coefficient (Wildman–Crippen LogP) is 1.41. The minimum Gasteiger partial charge on any atom is -0.479 e. The van der Waals surface area contributed by atoms with Gasteiger partial charge < -0.3 is 20.8 Å². The van der Waals surface area contributed by atoms with Crippen LogP contribution in [0.4, 0.5) is 28.0 Å². The first kappa shape index (κ1) is 16.7. The summed E-state index contributed by atoms with van der Waals surface area (Å²) in [7, 11) is 0. The van der Waals surface area contributed by atoms with E-state index in [0.29, 0.717) is 18.2 Å². The molecule has 2 amide bonds. The molecular weight excluding hydrogens is 300 g/mol. The average Bonchev–Trinajstić information content (AvgIpc) is 2.37. The maximum absolute atomic E-state index is 13.3. The minimum atomic E-state index is -4.71. The Morgan fingerprint density at radius 3 is 2.43 bits per heavy atom. The Morgan fingerprint density at radius 1 is 1.29 bits per heavy atom. The standard InChI is InChI=1S/C11H10F4N2O4/c12-6-2-1-5(11(13,14)15)3-7(6)17-10(21)16-4-8(18)9(19)20/h1-3,8,18H,4H2,(H,19,20)(H2,16,17,21)/t8-/m0/s1. The first-order valence-electron chi connectivity index (χ1n) is 5.43. The number of carboxylic acids is 1. The summed E-state index contributed by atoms with van der Waals surface area (Å²) in [6.45, 7) is -0.693. The number of nitrogens with one attached hydrogen (secondary N) is 2. The highest BCUT2D eigenvalue weighted by molar-refractivity contribution is 5.89. The Labute approximate surface area is 115 Å². The van der Waals surface area contributed by atoms with Crippen molar-refractivity contribution in [2.75, 3.05) is 11.9 Å². The number of hydrogen-bond acceptors (Lipinski definition) is 3. The summed E-state index contributed by atoms with van der Waals surface area (Å²) >= 11 is 0. The second-order valence-corrected chi connectivity index (χ2v) is 3.88. The third-order valence-electron chi connectivity index (χ3n) is 2.28. The quantitative estimate of drug-likeness (QED) is 0.632. The van der Waals surface area contributed by atoms with Gasteiger partial charge in [0.15, 0.2) is 6.10 Å². The molecule has 0 aromatic heterocycles. The van der Waals surface area contributed by atoms with Gasteiger partial charge >= 0.3 is 18.2 Å². The third-order valence-corrected chi connectivity index (χ3v) is 2.28. The van der Waals surface area contributed by atoms with E-state index in [9.17, 15) is 27.2 Å². The fourth-order valence-corrected chi connectivity index (χ4v) is 1.24. The average molecular weight is 310 g/mol. The molecule has 0 radical (unpaired) electrons. The van der Waals surface area contributed by atoms with Gasteiger partial charge in [-0.2, -0.15) is 13.2 Å². The number of aliphatic hydroxyl groups is 1. The van der Waals surface area contributed by atoms with Gasteiger partial charge in [0, 0.05) is 0 Å². The highest BCUT2D eigenvalue weighted by Gasteiger charge is 2.31. The Kier molecular flexibility index (Phi) is 5.08. The van der Waals surface area contributed by atoms with E-state index >= 15 is 0 Å². The molecule has 116 valence electrons. The molecule has 0 aliphatic rings. The Hall–Kier alpha value is -2.36. The van der Waals surface area contributed by atoms with Crippen molar-refractivity contribution in [3.63, 3.8) is 0 Å². The molecular formula is C11H10F4N2O4. The maximum Gasteiger partial charge on any atom is 0.416 e. The molecule has 0 spiro atoms. The number of aliphatic carboxylic acids is 1. The number of halogens is 4. The number of alkyl halides is 3. The number of carbonyl (C=O) groups excluding carboxylic acids is 1. The van der Waals surface area contributed by atoms with Gasteiger partial charge in [-0.25, -0.2) is 14.0 Å². The van der Waals surface area contributed by atoms with Crippen molar-refractivity contribution in [3.05, 3.63) is 29.6 Å². The summed E-state index contributed by atoms with van der Waals surface area (Å²) < 4.78 is 50.6. The van der Waals surface area contributed by atoms with E-state index in [1.807, 2.05) is 5.32 Å². The summed E-state index contributed by atoms with van der Waals surface area (Å²) in [5.74, 6) is -2.70. The molecule has 1 aromatic carbocycles. The second kappa shape index (κ2) is 6.39. The lowest BCUT2D eigenvalue weighted by Crippen LogP contribution is -2.38. The van der Waals surface area contributed by atoms with Crippen LogP contribution in [0.1, 0.15) is 5.56 Å². The molecule has 0 saturated carbocycles. The summed E-state index contributed by atoms with van der Waals surface area (Å²) in [6, 6.07) is 0.271. The minimum absolute atomic E-state index is 0.391. The van der Waals surface area contributed by atoms with Gasteiger partial charge in [0.05, 0.1) is 17.8 Å². The van der Waals surface area contributed by atoms with Crippen molar-refractivity contribution in [2.45, 2.75) is 12.3 Å². The zero-order chi connectivity index (χ0) is 16.2. The number of hydrogen-bond donors (Lipinski definition) is 4. The predicted molar refractivity (Wildman–Crippen MR) is 62.1 cm³/mol. The van der Waals surface area contributed by atoms with Crippen LogP contribution in [0, 0.1) is 5.82 Å². The van der Waals surface area contributed by atoms with E-state index < -0.39 is 47.9 Å². The third kappa shape index (κ3) is 4.91. The molecule has 1 aromatic rings. The van der Waals surface area contributed by atoms with Gasteiger partial charge in [-0.15, -0.1) is 0 Å². The first-order chi connectivity index (χ1) is 9.61. The molecule has 10 heteroatoms. The summed E-state index contributed by atoms with van der Waals surface area (Å²) in [5.41, 5.74) is -1.89. The SMILES string of the molecule is O=C(NC[C@H](O)C(=O)O)Nc1cc(C(F)(F)F)ccc1F. The Morgan fingerprint density at radius 2 is 1.90 bits per heavy atom. The van der Waals surface area contributed by atoms with Crippen LogP contribution in [-0.2, 0) is 11.0 Å². The van der Waals surface area contributed by atoms with E-state index in [1.54, 1.807) is 5.32 Å². The van der Waals surface area contributed by atoms with Crippen LogP contribution in [0.25, 0.3) is 0 Å². The maximum atomic E-state index is 13.3. The summed E-state index contributed by atoms with van der Waals surface area (Å²) in [4.78, 5) is 21.6. The Balaban J connectivity index is 2.74. The number of carboxylic acid groups (broad SMARTS) is 1. The van der Waals surface area contributed by atoms with Crippen LogP contribution in [0.5, 0.6) is 0 Å². The van der Waals surface area contributed by atoms with Crippen LogP contribution in [0.2, 0.25) is 0 Å². The normalized spacial score (nSPS) is 12.6. The fourth-order valence-electron chi connectivity index (χ4n) is 1.24. The van der Waals surface area contributed by atoms with E-state index in [1.165, 1.54) is 0 Å². The smallest absolute Gasteiger partial charge is 0.416 e. The van der Waals surface area contributed by atoms with Crippen molar-refractivity contribution < 1.29 is 37.4 Å². The van der Waals surface area contributed by atoms with Crippen LogP contribution in [0.15, 0.2) is 18.2 Å². The van der Waals surface area contributed by atoms with E-state index in [2.05, 4.69) is 0 Å². The number of benzene rings is 1. The number of carbonyl (C=O) groups is 2. The van der Waals surface area contributed by atoms with Crippen molar-refractivity contribution in [3.8, 4) is 0 Å². The topological polar surface area (TPSA) is 98.7 Å². The van der Waals surface area contributed by atoms with Crippen molar-refractivity contribution in [1.82, 2.24) is 5.32 Å². The van der Waals surface area contributed by atoms with Crippen molar-refractivity contribution in [2.24, 2.45) is 0 Å². The van der Waals surface area contributed by atoms with Crippen LogP contribution >= 0.6 is 0 Å². The summed E-state index contributed by atoms with van der Waals surface area (Å²) in [6.07, 6.45) is -6.60. The van der Waals surface area contributed by atoms with Crippen LogP contribution < -0.4 is 10.6 Å². The van der Waals surface area contributed by atoms with Gasteiger partial charge in [0.25, 0.3) is 0 Å². The van der Waals surface area contributed by atoms with Crippen molar-refractivity contribution in [1.29, 1.82) is 0 Å². The molecule has 0 bridgehead atoms. The lowest BCUT2D eigenvalue weighted by molar-refractivity contribution is -0.146. The molecule has 0 saturated heterocycles. The van der Waals surface area contributed by atoms with E-state index in [0.717, 1.165) is 0 Å². The first-order valence-corrected chi connectivity index (χ1v) is 5.43. The van der Waals surface area contributed by atoms with Gasteiger partial charge in [0.1, 0.15) is 5.82 Å². The molecule has 0 heterocycles. The molecule has 1 rings (SSSR count). The zero-order valence-corrected chi connectivity index (χ0v) is 10.2. The van der Waals surface area contributed by atoms with Gasteiger partial charge in [-0.1, -0.05) is 0 Å². The zero-order valence-electron chi connectivity index (χ0n) is 10.2. The number of amides is 2. The summed E-state index contributed by atoms with van der Waals surface area (Å²) in [5, 5.41) is 20.9. The molecule has 0 aliphatic carbocycles. The fraction of sp³-hybridized carbons (Fsp3) is 0.273. The van der Waals surface area contributed by atoms with Crippen LogP contribution in [0.3, 0.4) is 0 Å². The van der Waals surface area contributed by atoms with Crippen LogP contribution in [-0.4, -0.2) is 34.9 Å². The number of aliphatic hydroxyl groups excluding tert-OH is 1. The van der Waals surface area contributed by atoms with Gasteiger partial charge in [0.2, 0.25) is 0 Å². The molecule has 0 fully saturated rings. The molecule has 21 heavy (non-hydrogen) atoms. The molecule has 6 nitrogen and oxygen atoms in total. The van der Waals surface area contributed by atoms with Gasteiger partial charge in [-0.05, 0) is 18.2 Å². The van der Waals surface area contributed by atoms with Gasteiger partial charge in [-0.3, -0.25) is 0 Å². The monoisotopic (exact) mass is 310 g/mol. The highest BCUT2D eigenvalue weighted by atomic mass is 19.4.